The van der Waals surface area contributed by atoms with Crippen LogP contribution in [-0.2, 0) is 21.9 Å². The summed E-state index contributed by atoms with van der Waals surface area (Å²) < 4.78 is 34.6. The van der Waals surface area contributed by atoms with Crippen molar-refractivity contribution >= 4 is 27.5 Å². The van der Waals surface area contributed by atoms with Gasteiger partial charge < -0.3 is 15.0 Å². The molecule has 0 radical (unpaired) electrons. The molecule has 1 saturated heterocycles. The second-order valence-corrected chi connectivity index (χ2v) is 9.14. The monoisotopic (exact) mass is 433 g/mol. The molecular formula is C19H23N5O5S. The summed E-state index contributed by atoms with van der Waals surface area (Å²) in [5.74, 6) is -0.0139. The van der Waals surface area contributed by atoms with Crippen molar-refractivity contribution in [3.8, 4) is 5.75 Å². The molecule has 160 valence electrons. The van der Waals surface area contributed by atoms with Crippen LogP contribution in [0.15, 0.2) is 35.4 Å². The molecule has 0 bridgehead atoms. The highest BCUT2D eigenvalue weighted by Gasteiger charge is 2.33. The maximum atomic E-state index is 13.1. The van der Waals surface area contributed by atoms with Gasteiger partial charge in [0.25, 0.3) is 11.8 Å². The molecule has 2 amide bonds. The number of anilines is 1. The molecule has 1 N–H and O–H groups in total. The third-order valence-electron chi connectivity index (χ3n) is 5.35. The van der Waals surface area contributed by atoms with E-state index in [2.05, 4.69) is 10.4 Å². The lowest BCUT2D eigenvalue weighted by atomic mass is 10.2. The number of ether oxygens (including phenoxy) is 1. The summed E-state index contributed by atoms with van der Waals surface area (Å²) in [6, 6.07) is 6.09. The number of nitrogens with one attached hydrogen (secondary N) is 1. The summed E-state index contributed by atoms with van der Waals surface area (Å²) in [6.45, 7) is 2.78. The lowest BCUT2D eigenvalue weighted by molar-refractivity contribution is -0.123. The van der Waals surface area contributed by atoms with Crippen molar-refractivity contribution in [2.24, 2.45) is 7.05 Å². The summed E-state index contributed by atoms with van der Waals surface area (Å²) in [5.41, 5.74) is 0.804. The van der Waals surface area contributed by atoms with Gasteiger partial charge in [0.05, 0.1) is 10.6 Å². The van der Waals surface area contributed by atoms with Crippen molar-refractivity contribution in [1.29, 1.82) is 0 Å². The van der Waals surface area contributed by atoms with E-state index in [-0.39, 0.29) is 42.9 Å². The third-order valence-corrected chi connectivity index (χ3v) is 7.24. The first-order chi connectivity index (χ1) is 14.3. The first-order valence-electron chi connectivity index (χ1n) is 9.70. The summed E-state index contributed by atoms with van der Waals surface area (Å²) in [5, 5.41) is 6.71. The number of carbonyl (C=O) groups excluding carboxylic acids is 2. The molecule has 1 aromatic heterocycles. The van der Waals surface area contributed by atoms with Crippen LogP contribution >= 0.6 is 0 Å². The van der Waals surface area contributed by atoms with Gasteiger partial charge in [-0.05, 0) is 30.7 Å². The Balaban J connectivity index is 1.48. The topological polar surface area (TPSA) is 114 Å². The molecule has 1 atom stereocenters. The molecule has 1 unspecified atom stereocenters. The molecule has 4 rings (SSSR count). The van der Waals surface area contributed by atoms with Crippen LogP contribution in [0.4, 0.5) is 5.69 Å². The highest BCUT2D eigenvalue weighted by Crippen LogP contribution is 2.33. The standard InChI is InChI=1S/C19H23N5O5S/c1-3-16-18(25)21-14-12-13(4-5-17(14)29-16)30(27,28)24-10-8-23(9-11-24)19(26)15-6-7-20-22(15)2/h4-7,12,16H,3,8-11H2,1-2H3,(H,21,25). The van der Waals surface area contributed by atoms with Gasteiger partial charge in [-0.2, -0.15) is 9.40 Å². The second kappa shape index (κ2) is 7.73. The number of hydrogen-bond donors (Lipinski definition) is 1. The average Bonchev–Trinajstić information content (AvgIpc) is 3.18. The number of piperazine rings is 1. The molecular weight excluding hydrogens is 410 g/mol. The largest absolute Gasteiger partial charge is 0.478 e. The van der Waals surface area contributed by atoms with Crippen LogP contribution in [-0.4, -0.2) is 71.5 Å². The van der Waals surface area contributed by atoms with Gasteiger partial charge in [0.15, 0.2) is 6.10 Å². The van der Waals surface area contributed by atoms with Gasteiger partial charge in [0, 0.05) is 39.4 Å². The summed E-state index contributed by atoms with van der Waals surface area (Å²) in [4.78, 5) is 26.3. The molecule has 2 aliphatic rings. The SMILES string of the molecule is CCC1Oc2ccc(S(=O)(=O)N3CCN(C(=O)c4ccnn4C)CC3)cc2NC1=O. The number of amides is 2. The Morgan fingerprint density at radius 2 is 1.97 bits per heavy atom. The van der Waals surface area contributed by atoms with Crippen LogP contribution in [0.25, 0.3) is 0 Å². The lowest BCUT2D eigenvalue weighted by Crippen LogP contribution is -2.50. The lowest BCUT2D eigenvalue weighted by Gasteiger charge is -2.34. The number of aryl methyl sites for hydroxylation is 1. The fraction of sp³-hybridized carbons (Fsp3) is 0.421. The van der Waals surface area contributed by atoms with Crippen molar-refractivity contribution in [3.05, 3.63) is 36.2 Å². The number of hydrogen-bond acceptors (Lipinski definition) is 6. The fourth-order valence-corrected chi connectivity index (χ4v) is 5.03. The molecule has 30 heavy (non-hydrogen) atoms. The molecule has 3 heterocycles. The van der Waals surface area contributed by atoms with E-state index in [1.807, 2.05) is 6.92 Å². The molecule has 1 fully saturated rings. The number of nitrogens with zero attached hydrogens (tertiary/aromatic N) is 4. The smallest absolute Gasteiger partial charge is 0.272 e. The van der Waals surface area contributed by atoms with E-state index in [1.54, 1.807) is 30.3 Å². The fourth-order valence-electron chi connectivity index (χ4n) is 3.59. The Kier molecular flexibility index (Phi) is 5.24. The summed E-state index contributed by atoms with van der Waals surface area (Å²) in [7, 11) is -2.08. The molecule has 11 heteroatoms. The Morgan fingerprint density at radius 3 is 2.60 bits per heavy atom. The van der Waals surface area contributed by atoms with E-state index < -0.39 is 16.1 Å². The van der Waals surface area contributed by atoms with Crippen molar-refractivity contribution in [1.82, 2.24) is 19.0 Å². The van der Waals surface area contributed by atoms with E-state index in [9.17, 15) is 18.0 Å². The first kappa shape index (κ1) is 20.4. The number of fused-ring (bicyclic) bond motifs is 1. The highest BCUT2D eigenvalue weighted by atomic mass is 32.2. The van der Waals surface area contributed by atoms with Crippen LogP contribution in [0.5, 0.6) is 5.75 Å². The van der Waals surface area contributed by atoms with Gasteiger partial charge in [0.2, 0.25) is 10.0 Å². The van der Waals surface area contributed by atoms with E-state index in [0.29, 0.717) is 23.6 Å². The van der Waals surface area contributed by atoms with Crippen molar-refractivity contribution in [2.45, 2.75) is 24.3 Å². The number of aromatic nitrogens is 2. The Labute approximate surface area is 174 Å². The molecule has 10 nitrogen and oxygen atoms in total. The van der Waals surface area contributed by atoms with Gasteiger partial charge in [-0.1, -0.05) is 6.92 Å². The zero-order chi connectivity index (χ0) is 21.5. The minimum absolute atomic E-state index is 0.0755. The Morgan fingerprint density at radius 1 is 1.23 bits per heavy atom. The molecule has 0 saturated carbocycles. The van der Waals surface area contributed by atoms with Gasteiger partial charge in [-0.3, -0.25) is 14.3 Å². The van der Waals surface area contributed by atoms with Crippen LogP contribution < -0.4 is 10.1 Å². The van der Waals surface area contributed by atoms with Gasteiger partial charge in [0.1, 0.15) is 11.4 Å². The molecule has 0 spiro atoms. The van der Waals surface area contributed by atoms with Gasteiger partial charge in [-0.25, -0.2) is 8.42 Å². The zero-order valence-corrected chi connectivity index (χ0v) is 17.6. The summed E-state index contributed by atoms with van der Waals surface area (Å²) in [6.07, 6.45) is 1.49. The maximum Gasteiger partial charge on any atom is 0.272 e. The number of carbonyl (C=O) groups is 2. The van der Waals surface area contributed by atoms with E-state index in [0.717, 1.165) is 0 Å². The second-order valence-electron chi connectivity index (χ2n) is 7.20. The van der Waals surface area contributed by atoms with Gasteiger partial charge >= 0.3 is 0 Å². The van der Waals surface area contributed by atoms with E-state index in [4.69, 9.17) is 4.74 Å². The summed E-state index contributed by atoms with van der Waals surface area (Å²) >= 11 is 0. The highest BCUT2D eigenvalue weighted by molar-refractivity contribution is 7.89. The third kappa shape index (κ3) is 3.54. The van der Waals surface area contributed by atoms with Crippen LogP contribution in [0.1, 0.15) is 23.8 Å². The predicted octanol–water partition coefficient (Wildman–Crippen LogP) is 0.676. The molecule has 2 aliphatic heterocycles. The maximum absolute atomic E-state index is 13.1. The Hall–Kier alpha value is -2.92. The van der Waals surface area contributed by atoms with E-state index in [1.165, 1.54) is 21.1 Å². The van der Waals surface area contributed by atoms with Crippen LogP contribution in [0, 0.1) is 0 Å². The minimum atomic E-state index is -3.77. The Bertz CT molecular complexity index is 1090. The van der Waals surface area contributed by atoms with E-state index >= 15 is 0 Å². The van der Waals surface area contributed by atoms with Crippen molar-refractivity contribution in [2.75, 3.05) is 31.5 Å². The molecule has 2 aromatic rings. The number of benzene rings is 1. The zero-order valence-electron chi connectivity index (χ0n) is 16.7. The van der Waals surface area contributed by atoms with Gasteiger partial charge in [-0.15, -0.1) is 0 Å². The predicted molar refractivity (Wildman–Crippen MR) is 108 cm³/mol. The molecule has 0 aliphatic carbocycles. The quantitative estimate of drug-likeness (QED) is 0.758. The van der Waals surface area contributed by atoms with Crippen molar-refractivity contribution in [3.63, 3.8) is 0 Å². The van der Waals surface area contributed by atoms with Crippen molar-refractivity contribution < 1.29 is 22.7 Å². The van der Waals surface area contributed by atoms with Crippen LogP contribution in [0.2, 0.25) is 0 Å². The van der Waals surface area contributed by atoms with Crippen LogP contribution in [0.3, 0.4) is 0 Å². The first-order valence-corrected chi connectivity index (χ1v) is 11.1. The molecule has 1 aromatic carbocycles. The number of sulfonamides is 1. The normalized spacial score (nSPS) is 19.7. The number of rotatable bonds is 4. The minimum Gasteiger partial charge on any atom is -0.478 e. The average molecular weight is 433 g/mol.